The molecule has 0 saturated carbocycles. The van der Waals surface area contributed by atoms with Crippen molar-refractivity contribution < 1.29 is 33.9 Å². The Kier molecular flexibility index (Phi) is 7.57. The van der Waals surface area contributed by atoms with Gasteiger partial charge in [0, 0.05) is 0 Å². The van der Waals surface area contributed by atoms with Crippen LogP contribution in [0, 0.1) is 0 Å². The van der Waals surface area contributed by atoms with Gasteiger partial charge >= 0.3 is 0 Å². The molecule has 2 rings (SSSR count). The molecule has 0 radical (unpaired) electrons. The molecule has 0 aliphatic carbocycles. The van der Waals surface area contributed by atoms with Crippen molar-refractivity contribution in [2.24, 2.45) is 0 Å². The fourth-order valence-electron chi connectivity index (χ4n) is 2.65. The lowest BCUT2D eigenvalue weighted by Crippen LogP contribution is -2.29. The molecule has 2 N–H and O–H groups in total. The van der Waals surface area contributed by atoms with Crippen molar-refractivity contribution in [3.63, 3.8) is 0 Å². The second-order valence-electron chi connectivity index (χ2n) is 5.62. The van der Waals surface area contributed by atoms with E-state index in [0.29, 0.717) is 40.9 Å². The molecule has 2 atom stereocenters. The fourth-order valence-corrected chi connectivity index (χ4v) is 2.65. The molecule has 0 bridgehead atoms. The van der Waals surface area contributed by atoms with Gasteiger partial charge in [0.1, 0.15) is 6.10 Å². The van der Waals surface area contributed by atoms with Gasteiger partial charge in [-0.15, -0.1) is 0 Å². The van der Waals surface area contributed by atoms with E-state index in [1.54, 1.807) is 36.4 Å². The summed E-state index contributed by atoms with van der Waals surface area (Å²) >= 11 is 0. The van der Waals surface area contributed by atoms with Crippen LogP contribution in [-0.4, -0.2) is 50.9 Å². The lowest BCUT2D eigenvalue weighted by Gasteiger charge is -2.25. The van der Waals surface area contributed by atoms with E-state index in [-0.39, 0.29) is 0 Å². The Morgan fingerprint density at radius 2 is 1.44 bits per heavy atom. The first-order chi connectivity index (χ1) is 13.1. The first kappa shape index (κ1) is 20.7. The highest BCUT2D eigenvalue weighted by Crippen LogP contribution is 2.41. The van der Waals surface area contributed by atoms with E-state index >= 15 is 0 Å². The Morgan fingerprint density at radius 1 is 0.889 bits per heavy atom. The van der Waals surface area contributed by atoms with Gasteiger partial charge in [-0.3, -0.25) is 0 Å². The number of hydrogen-bond donors (Lipinski definition) is 2. The summed E-state index contributed by atoms with van der Waals surface area (Å²) < 4.78 is 27.3. The van der Waals surface area contributed by atoms with Crippen LogP contribution in [-0.2, 0) is 0 Å². The molecule has 0 amide bonds. The van der Waals surface area contributed by atoms with Gasteiger partial charge in [-0.05, 0) is 36.8 Å². The third-order valence-electron chi connectivity index (χ3n) is 3.99. The Balaban J connectivity index is 2.34. The largest absolute Gasteiger partial charge is 0.493 e. The maximum atomic E-state index is 10.8. The minimum Gasteiger partial charge on any atom is -0.493 e. The third kappa shape index (κ3) is 4.75. The highest BCUT2D eigenvalue weighted by Gasteiger charge is 2.26. The number of aliphatic hydroxyl groups excluding tert-OH is 2. The normalized spacial score (nSPS) is 12.8. The zero-order valence-corrected chi connectivity index (χ0v) is 16.0. The molecule has 2 aromatic rings. The Labute approximate surface area is 159 Å². The summed E-state index contributed by atoms with van der Waals surface area (Å²) in [5, 5.41) is 20.5. The fraction of sp³-hybridized carbons (Fsp3) is 0.400. The molecule has 148 valence electrons. The van der Waals surface area contributed by atoms with Gasteiger partial charge in [-0.2, -0.15) is 0 Å². The third-order valence-corrected chi connectivity index (χ3v) is 3.99. The number of para-hydroxylation sites is 2. The summed E-state index contributed by atoms with van der Waals surface area (Å²) in [4.78, 5) is 0. The lowest BCUT2D eigenvalue weighted by atomic mass is 10.0. The summed E-state index contributed by atoms with van der Waals surface area (Å²) in [5.41, 5.74) is 0.459. The quantitative estimate of drug-likeness (QED) is 0.657. The molecule has 0 aliphatic rings. The van der Waals surface area contributed by atoms with Crippen molar-refractivity contribution in [2.45, 2.75) is 19.1 Å². The maximum absolute atomic E-state index is 10.8. The van der Waals surface area contributed by atoms with Gasteiger partial charge in [0.2, 0.25) is 5.75 Å². The first-order valence-corrected chi connectivity index (χ1v) is 8.56. The zero-order valence-electron chi connectivity index (χ0n) is 16.0. The molecule has 7 nitrogen and oxygen atoms in total. The van der Waals surface area contributed by atoms with Crippen LogP contribution in [0.1, 0.15) is 18.6 Å². The average Bonchev–Trinajstić information content (AvgIpc) is 2.71. The van der Waals surface area contributed by atoms with Crippen molar-refractivity contribution in [3.05, 3.63) is 42.0 Å². The molecule has 2 unspecified atom stereocenters. The van der Waals surface area contributed by atoms with E-state index in [4.69, 9.17) is 23.7 Å². The standard InChI is InChI=1S/C20H26O7/c1-5-26-20-16(24-3)10-13(11-17(20)25-4)19(22)18(12-21)27-15-9-7-6-8-14(15)23-2/h6-11,18-19,21-22H,5,12H2,1-4H3. The van der Waals surface area contributed by atoms with Gasteiger partial charge in [-0.1, -0.05) is 12.1 Å². The highest BCUT2D eigenvalue weighted by atomic mass is 16.5. The number of benzene rings is 2. The van der Waals surface area contributed by atoms with E-state index in [9.17, 15) is 10.2 Å². The van der Waals surface area contributed by atoms with Crippen LogP contribution in [0.25, 0.3) is 0 Å². The number of ether oxygens (including phenoxy) is 5. The monoisotopic (exact) mass is 378 g/mol. The predicted molar refractivity (Wildman–Crippen MR) is 100 cm³/mol. The molecule has 2 aromatic carbocycles. The van der Waals surface area contributed by atoms with Gasteiger partial charge < -0.3 is 33.9 Å². The smallest absolute Gasteiger partial charge is 0.203 e. The molecule has 7 heteroatoms. The molecule has 0 fully saturated rings. The van der Waals surface area contributed by atoms with Gasteiger partial charge in [0.25, 0.3) is 0 Å². The Morgan fingerprint density at radius 3 is 1.93 bits per heavy atom. The molecule has 27 heavy (non-hydrogen) atoms. The predicted octanol–water partition coefficient (Wildman–Crippen LogP) is 2.58. The summed E-state index contributed by atoms with van der Waals surface area (Å²) in [6.07, 6.45) is -2.06. The van der Waals surface area contributed by atoms with E-state index in [1.165, 1.54) is 21.3 Å². The van der Waals surface area contributed by atoms with E-state index in [2.05, 4.69) is 0 Å². The molecule has 0 aromatic heterocycles. The number of rotatable bonds is 10. The average molecular weight is 378 g/mol. The van der Waals surface area contributed by atoms with E-state index < -0.39 is 18.8 Å². The van der Waals surface area contributed by atoms with E-state index in [0.717, 1.165) is 0 Å². The molecule has 0 aliphatic heterocycles. The van der Waals surface area contributed by atoms with Crippen LogP contribution in [0.4, 0.5) is 0 Å². The second-order valence-corrected chi connectivity index (χ2v) is 5.62. The van der Waals surface area contributed by atoms with Crippen molar-refractivity contribution in [3.8, 4) is 28.7 Å². The van der Waals surface area contributed by atoms with Crippen molar-refractivity contribution >= 4 is 0 Å². The summed E-state index contributed by atoms with van der Waals surface area (Å²) in [7, 11) is 4.53. The molecule has 0 spiro atoms. The van der Waals surface area contributed by atoms with Crippen LogP contribution >= 0.6 is 0 Å². The van der Waals surface area contributed by atoms with Gasteiger partial charge in [0.05, 0.1) is 34.5 Å². The molecule has 0 saturated heterocycles. The van der Waals surface area contributed by atoms with Crippen molar-refractivity contribution in [1.29, 1.82) is 0 Å². The molecular weight excluding hydrogens is 352 g/mol. The maximum Gasteiger partial charge on any atom is 0.203 e. The summed E-state index contributed by atoms with van der Waals surface area (Å²) in [6.45, 7) is 1.88. The Bertz CT molecular complexity index is 707. The van der Waals surface area contributed by atoms with Gasteiger partial charge in [0.15, 0.2) is 29.1 Å². The first-order valence-electron chi connectivity index (χ1n) is 8.56. The SMILES string of the molecule is CCOc1c(OC)cc(C(O)C(CO)Oc2ccccc2OC)cc1OC. The van der Waals surface area contributed by atoms with Crippen LogP contribution in [0.15, 0.2) is 36.4 Å². The minimum absolute atomic E-state index is 0.406. The molecule has 0 heterocycles. The number of methoxy groups -OCH3 is 3. The van der Waals surface area contributed by atoms with Crippen molar-refractivity contribution in [1.82, 2.24) is 0 Å². The van der Waals surface area contributed by atoms with Crippen LogP contribution in [0.2, 0.25) is 0 Å². The summed E-state index contributed by atoms with van der Waals surface area (Å²) in [5.74, 6) is 2.20. The zero-order chi connectivity index (χ0) is 19.8. The topological polar surface area (TPSA) is 86.6 Å². The Hall–Kier alpha value is -2.64. The number of hydrogen-bond acceptors (Lipinski definition) is 7. The van der Waals surface area contributed by atoms with Crippen LogP contribution < -0.4 is 23.7 Å². The van der Waals surface area contributed by atoms with Crippen LogP contribution in [0.5, 0.6) is 28.7 Å². The second kappa shape index (κ2) is 9.89. The highest BCUT2D eigenvalue weighted by molar-refractivity contribution is 5.54. The minimum atomic E-state index is -1.14. The number of aliphatic hydroxyl groups is 2. The van der Waals surface area contributed by atoms with Crippen LogP contribution in [0.3, 0.4) is 0 Å². The lowest BCUT2D eigenvalue weighted by molar-refractivity contribution is -0.000619. The molecular formula is C20H26O7. The van der Waals surface area contributed by atoms with Crippen molar-refractivity contribution in [2.75, 3.05) is 34.5 Å². The summed E-state index contributed by atoms with van der Waals surface area (Å²) in [6, 6.07) is 10.3. The van der Waals surface area contributed by atoms with Gasteiger partial charge in [-0.25, -0.2) is 0 Å². The van der Waals surface area contributed by atoms with E-state index in [1.807, 2.05) is 6.92 Å².